The molecule has 21 heavy (non-hydrogen) atoms. The van der Waals surface area contributed by atoms with Gasteiger partial charge in [-0.2, -0.15) is 0 Å². The zero-order valence-corrected chi connectivity index (χ0v) is 12.8. The standard InChI is InChI=1S/C20H24O/c1-2-20(21)19-15-13-18(14-16-19)12-8-4-7-11-17-9-5-3-6-10-17/h3,5-6,9-10,13-16H,2,4,7-8,11-12H2,1H3. The molecule has 0 amide bonds. The van der Waals surface area contributed by atoms with Gasteiger partial charge in [0.05, 0.1) is 0 Å². The molecule has 0 bridgehead atoms. The van der Waals surface area contributed by atoms with Crippen molar-refractivity contribution in [2.75, 3.05) is 0 Å². The number of carbonyl (C=O) groups is 1. The average molecular weight is 280 g/mol. The second kappa shape index (κ2) is 8.41. The van der Waals surface area contributed by atoms with Crippen molar-refractivity contribution in [3.05, 3.63) is 71.3 Å². The molecule has 0 aliphatic carbocycles. The van der Waals surface area contributed by atoms with Gasteiger partial charge in [-0.25, -0.2) is 0 Å². The minimum absolute atomic E-state index is 0.226. The lowest BCUT2D eigenvalue weighted by Crippen LogP contribution is -1.96. The Kier molecular flexibility index (Phi) is 6.21. The molecule has 0 N–H and O–H groups in total. The third kappa shape index (κ3) is 5.18. The van der Waals surface area contributed by atoms with Crippen LogP contribution < -0.4 is 0 Å². The van der Waals surface area contributed by atoms with E-state index in [9.17, 15) is 4.79 Å². The van der Waals surface area contributed by atoms with E-state index in [1.165, 1.54) is 36.8 Å². The summed E-state index contributed by atoms with van der Waals surface area (Å²) >= 11 is 0. The predicted octanol–water partition coefficient (Wildman–Crippen LogP) is 5.23. The Morgan fingerprint density at radius 1 is 0.762 bits per heavy atom. The van der Waals surface area contributed by atoms with E-state index in [-0.39, 0.29) is 5.78 Å². The quantitative estimate of drug-likeness (QED) is 0.477. The van der Waals surface area contributed by atoms with Crippen LogP contribution in [-0.4, -0.2) is 5.78 Å². The molecule has 0 unspecified atom stereocenters. The Morgan fingerprint density at radius 3 is 1.90 bits per heavy atom. The van der Waals surface area contributed by atoms with Gasteiger partial charge in [0.1, 0.15) is 0 Å². The van der Waals surface area contributed by atoms with Crippen molar-refractivity contribution in [3.8, 4) is 0 Å². The van der Waals surface area contributed by atoms with Gasteiger partial charge in [-0.1, -0.05) is 67.9 Å². The number of aryl methyl sites for hydroxylation is 2. The second-order valence-electron chi connectivity index (χ2n) is 5.52. The fourth-order valence-electron chi connectivity index (χ4n) is 2.54. The van der Waals surface area contributed by atoms with Gasteiger partial charge >= 0.3 is 0 Å². The van der Waals surface area contributed by atoms with Crippen molar-refractivity contribution in [1.82, 2.24) is 0 Å². The summed E-state index contributed by atoms with van der Waals surface area (Å²) in [7, 11) is 0. The van der Waals surface area contributed by atoms with E-state index in [0.29, 0.717) is 6.42 Å². The molecule has 110 valence electrons. The molecule has 0 spiro atoms. The molecule has 0 saturated heterocycles. The molecule has 0 radical (unpaired) electrons. The third-order valence-electron chi connectivity index (χ3n) is 3.87. The van der Waals surface area contributed by atoms with Crippen LogP contribution in [0.25, 0.3) is 0 Å². The van der Waals surface area contributed by atoms with Crippen molar-refractivity contribution >= 4 is 5.78 Å². The fourth-order valence-corrected chi connectivity index (χ4v) is 2.54. The van der Waals surface area contributed by atoms with Crippen LogP contribution >= 0.6 is 0 Å². The Morgan fingerprint density at radius 2 is 1.33 bits per heavy atom. The maximum absolute atomic E-state index is 11.6. The summed E-state index contributed by atoms with van der Waals surface area (Å²) in [5.41, 5.74) is 3.60. The van der Waals surface area contributed by atoms with E-state index in [0.717, 1.165) is 12.0 Å². The van der Waals surface area contributed by atoms with Crippen LogP contribution in [0.1, 0.15) is 54.1 Å². The highest BCUT2D eigenvalue weighted by atomic mass is 16.1. The van der Waals surface area contributed by atoms with Crippen molar-refractivity contribution in [2.45, 2.75) is 45.4 Å². The lowest BCUT2D eigenvalue weighted by molar-refractivity contribution is 0.0988. The van der Waals surface area contributed by atoms with Gasteiger partial charge in [0, 0.05) is 12.0 Å². The molecule has 2 aromatic rings. The number of hydrogen-bond acceptors (Lipinski definition) is 1. The molecule has 0 saturated carbocycles. The molecule has 1 heteroatoms. The van der Waals surface area contributed by atoms with Gasteiger partial charge in [-0.05, 0) is 36.8 Å². The van der Waals surface area contributed by atoms with E-state index in [4.69, 9.17) is 0 Å². The minimum atomic E-state index is 0.226. The van der Waals surface area contributed by atoms with E-state index in [2.05, 4.69) is 42.5 Å². The maximum Gasteiger partial charge on any atom is 0.162 e. The zero-order chi connectivity index (χ0) is 14.9. The number of Topliss-reactive ketones (excluding diaryl/α,β-unsaturated/α-hetero) is 1. The summed E-state index contributed by atoms with van der Waals surface area (Å²) in [6, 6.07) is 18.8. The number of carbonyl (C=O) groups excluding carboxylic acids is 1. The SMILES string of the molecule is CCC(=O)c1ccc(CCCCCc2ccccc2)cc1. The first-order chi connectivity index (χ1) is 10.3. The van der Waals surface area contributed by atoms with Crippen molar-refractivity contribution in [1.29, 1.82) is 0 Å². The highest BCUT2D eigenvalue weighted by molar-refractivity contribution is 5.95. The normalized spacial score (nSPS) is 10.5. The summed E-state index contributed by atoms with van der Waals surface area (Å²) in [4.78, 5) is 11.6. The second-order valence-corrected chi connectivity index (χ2v) is 5.52. The zero-order valence-electron chi connectivity index (χ0n) is 12.8. The van der Waals surface area contributed by atoms with Crippen LogP contribution in [0.3, 0.4) is 0 Å². The van der Waals surface area contributed by atoms with Crippen LogP contribution in [0.15, 0.2) is 54.6 Å². The van der Waals surface area contributed by atoms with Gasteiger partial charge in [0.2, 0.25) is 0 Å². The molecular formula is C20H24O. The van der Waals surface area contributed by atoms with E-state index >= 15 is 0 Å². The molecule has 0 atom stereocenters. The van der Waals surface area contributed by atoms with Gasteiger partial charge in [0.25, 0.3) is 0 Å². The van der Waals surface area contributed by atoms with Crippen molar-refractivity contribution < 1.29 is 4.79 Å². The smallest absolute Gasteiger partial charge is 0.162 e. The van der Waals surface area contributed by atoms with E-state index in [1.54, 1.807) is 0 Å². The molecule has 0 fully saturated rings. The lowest BCUT2D eigenvalue weighted by Gasteiger charge is -2.04. The highest BCUT2D eigenvalue weighted by Gasteiger charge is 2.02. The van der Waals surface area contributed by atoms with Gasteiger partial charge < -0.3 is 0 Å². The molecule has 1 nitrogen and oxygen atoms in total. The van der Waals surface area contributed by atoms with E-state index < -0.39 is 0 Å². The summed E-state index contributed by atoms with van der Waals surface area (Å²) in [6.45, 7) is 1.91. The number of unbranched alkanes of at least 4 members (excludes halogenated alkanes) is 2. The monoisotopic (exact) mass is 280 g/mol. The lowest BCUT2D eigenvalue weighted by atomic mass is 10.0. The first-order valence-corrected chi connectivity index (χ1v) is 7.95. The first-order valence-electron chi connectivity index (χ1n) is 7.95. The molecule has 0 aromatic heterocycles. The number of hydrogen-bond donors (Lipinski definition) is 0. The van der Waals surface area contributed by atoms with Crippen LogP contribution in [0, 0.1) is 0 Å². The Hall–Kier alpha value is -1.89. The van der Waals surface area contributed by atoms with Crippen LogP contribution in [-0.2, 0) is 12.8 Å². The third-order valence-corrected chi connectivity index (χ3v) is 3.87. The Bertz CT molecular complexity index is 540. The highest BCUT2D eigenvalue weighted by Crippen LogP contribution is 2.12. The van der Waals surface area contributed by atoms with Gasteiger partial charge in [-0.3, -0.25) is 4.79 Å². The van der Waals surface area contributed by atoms with Gasteiger partial charge in [-0.15, -0.1) is 0 Å². The van der Waals surface area contributed by atoms with Crippen molar-refractivity contribution in [3.63, 3.8) is 0 Å². The minimum Gasteiger partial charge on any atom is -0.294 e. The number of ketones is 1. The Labute approximate surface area is 128 Å². The molecule has 0 heterocycles. The van der Waals surface area contributed by atoms with Crippen molar-refractivity contribution in [2.24, 2.45) is 0 Å². The molecule has 0 aliphatic rings. The van der Waals surface area contributed by atoms with Crippen LogP contribution in [0.2, 0.25) is 0 Å². The average Bonchev–Trinajstić information content (AvgIpc) is 2.55. The molecule has 0 aliphatic heterocycles. The fraction of sp³-hybridized carbons (Fsp3) is 0.350. The summed E-state index contributed by atoms with van der Waals surface area (Å²) in [5, 5.41) is 0. The number of rotatable bonds is 8. The first kappa shape index (κ1) is 15.5. The topological polar surface area (TPSA) is 17.1 Å². The summed E-state index contributed by atoms with van der Waals surface area (Å²) in [6.07, 6.45) is 6.58. The van der Waals surface area contributed by atoms with Gasteiger partial charge in [0.15, 0.2) is 5.78 Å². The molecule has 2 rings (SSSR count). The van der Waals surface area contributed by atoms with Crippen LogP contribution in [0.5, 0.6) is 0 Å². The summed E-state index contributed by atoms with van der Waals surface area (Å²) in [5.74, 6) is 0.226. The van der Waals surface area contributed by atoms with E-state index in [1.807, 2.05) is 19.1 Å². The molecular weight excluding hydrogens is 256 g/mol. The summed E-state index contributed by atoms with van der Waals surface area (Å²) < 4.78 is 0. The maximum atomic E-state index is 11.6. The van der Waals surface area contributed by atoms with Crippen LogP contribution in [0.4, 0.5) is 0 Å². The molecule has 2 aromatic carbocycles. The largest absolute Gasteiger partial charge is 0.294 e. The predicted molar refractivity (Wildman–Crippen MR) is 88.8 cm³/mol. The number of benzene rings is 2. The Balaban J connectivity index is 1.68.